The van der Waals surface area contributed by atoms with Crippen LogP contribution in [-0.4, -0.2) is 25.0 Å². The molecular weight excluding hydrogens is 248 g/mol. The Morgan fingerprint density at radius 3 is 2.30 bits per heavy atom. The third-order valence-electron chi connectivity index (χ3n) is 6.36. The third kappa shape index (κ3) is 2.49. The second-order valence-corrected chi connectivity index (χ2v) is 8.21. The summed E-state index contributed by atoms with van der Waals surface area (Å²) in [7, 11) is 0. The number of rotatable bonds is 3. The molecule has 5 rings (SSSR count). The van der Waals surface area contributed by atoms with Crippen molar-refractivity contribution in [3.63, 3.8) is 0 Å². The fraction of sp³-hybridized carbons (Fsp3) is 0.941. The van der Waals surface area contributed by atoms with E-state index in [-0.39, 0.29) is 0 Å². The van der Waals surface area contributed by atoms with Crippen LogP contribution in [-0.2, 0) is 4.79 Å². The van der Waals surface area contributed by atoms with Crippen LogP contribution in [0.3, 0.4) is 0 Å². The van der Waals surface area contributed by atoms with Crippen LogP contribution < -0.4 is 10.6 Å². The molecule has 4 saturated carbocycles. The lowest BCUT2D eigenvalue weighted by Crippen LogP contribution is -2.50. The molecule has 1 atom stereocenters. The fourth-order valence-electron chi connectivity index (χ4n) is 6.10. The Balaban J connectivity index is 1.37. The summed E-state index contributed by atoms with van der Waals surface area (Å²) in [5.41, 5.74) is 0.390. The summed E-state index contributed by atoms with van der Waals surface area (Å²) in [4.78, 5) is 12.5. The van der Waals surface area contributed by atoms with E-state index in [2.05, 4.69) is 10.6 Å². The van der Waals surface area contributed by atoms with E-state index in [9.17, 15) is 4.79 Å². The minimum Gasteiger partial charge on any atom is -0.352 e. The first-order valence-electron chi connectivity index (χ1n) is 8.71. The van der Waals surface area contributed by atoms with Gasteiger partial charge in [0.1, 0.15) is 0 Å². The average molecular weight is 276 g/mol. The molecule has 2 N–H and O–H groups in total. The highest BCUT2D eigenvalue weighted by Crippen LogP contribution is 2.61. The predicted octanol–water partition coefficient (Wildman–Crippen LogP) is 2.46. The van der Waals surface area contributed by atoms with Crippen LogP contribution in [0.2, 0.25) is 0 Å². The number of hydrogen-bond donors (Lipinski definition) is 2. The van der Waals surface area contributed by atoms with Gasteiger partial charge in [0.25, 0.3) is 0 Å². The van der Waals surface area contributed by atoms with Gasteiger partial charge in [-0.1, -0.05) is 0 Å². The van der Waals surface area contributed by atoms with Crippen molar-refractivity contribution in [1.29, 1.82) is 0 Å². The van der Waals surface area contributed by atoms with Gasteiger partial charge in [0.15, 0.2) is 0 Å². The predicted molar refractivity (Wildman–Crippen MR) is 79.3 cm³/mol. The molecule has 0 aromatic carbocycles. The largest absolute Gasteiger partial charge is 0.352 e. The number of carbonyl (C=O) groups is 1. The molecule has 1 amide bonds. The molecule has 5 fully saturated rings. The molecule has 0 aromatic heterocycles. The summed E-state index contributed by atoms with van der Waals surface area (Å²) in [6.07, 6.45) is 11.6. The van der Waals surface area contributed by atoms with Gasteiger partial charge in [-0.05, 0) is 81.1 Å². The summed E-state index contributed by atoms with van der Waals surface area (Å²) in [5, 5.41) is 6.68. The first-order chi connectivity index (χ1) is 9.71. The minimum atomic E-state index is 0.334. The Labute approximate surface area is 122 Å². The summed E-state index contributed by atoms with van der Waals surface area (Å²) in [6.45, 7) is 2.08. The Hall–Kier alpha value is -0.570. The van der Waals surface area contributed by atoms with Crippen molar-refractivity contribution in [2.75, 3.05) is 13.1 Å². The lowest BCUT2D eigenvalue weighted by Gasteiger charge is -2.56. The number of carbonyl (C=O) groups excluding carboxylic acids is 1. The van der Waals surface area contributed by atoms with Gasteiger partial charge < -0.3 is 10.6 Å². The van der Waals surface area contributed by atoms with Gasteiger partial charge in [-0.2, -0.15) is 0 Å². The van der Waals surface area contributed by atoms with Crippen molar-refractivity contribution in [2.24, 2.45) is 23.2 Å². The maximum absolute atomic E-state index is 12.5. The van der Waals surface area contributed by atoms with Crippen LogP contribution >= 0.6 is 0 Å². The van der Waals surface area contributed by atoms with E-state index in [1.807, 2.05) is 0 Å². The molecule has 4 aliphatic carbocycles. The number of amides is 1. The highest BCUT2D eigenvalue weighted by molar-refractivity contribution is 5.77. The second kappa shape index (κ2) is 5.01. The van der Waals surface area contributed by atoms with Crippen molar-refractivity contribution in [3.8, 4) is 0 Å². The van der Waals surface area contributed by atoms with Crippen molar-refractivity contribution in [2.45, 2.75) is 63.8 Å². The van der Waals surface area contributed by atoms with Crippen LogP contribution in [0.4, 0.5) is 0 Å². The number of piperidine rings is 1. The molecule has 4 bridgehead atoms. The normalized spacial score (nSPS) is 46.4. The van der Waals surface area contributed by atoms with E-state index in [0.29, 0.717) is 17.4 Å². The first-order valence-corrected chi connectivity index (χ1v) is 8.71. The average Bonchev–Trinajstić information content (AvgIpc) is 2.37. The summed E-state index contributed by atoms with van der Waals surface area (Å²) < 4.78 is 0. The fourth-order valence-corrected chi connectivity index (χ4v) is 6.10. The van der Waals surface area contributed by atoms with Crippen LogP contribution in [0.25, 0.3) is 0 Å². The van der Waals surface area contributed by atoms with Crippen LogP contribution in [0.15, 0.2) is 0 Å². The van der Waals surface area contributed by atoms with Crippen molar-refractivity contribution in [3.05, 3.63) is 0 Å². The van der Waals surface area contributed by atoms with E-state index >= 15 is 0 Å². The lowest BCUT2D eigenvalue weighted by atomic mass is 9.49. The van der Waals surface area contributed by atoms with Gasteiger partial charge in [-0.3, -0.25) is 4.79 Å². The standard InChI is InChI=1S/C17H28N2O/c20-16(19-15-2-1-3-18-11-15)10-17-7-12-4-13(8-17)6-14(5-12)9-17/h12-15,18H,1-11H2,(H,19,20). The van der Waals surface area contributed by atoms with Gasteiger partial charge in [-0.15, -0.1) is 0 Å². The molecular formula is C17H28N2O. The molecule has 1 unspecified atom stereocenters. The molecule has 1 aliphatic heterocycles. The molecule has 0 radical (unpaired) electrons. The molecule has 1 saturated heterocycles. The minimum absolute atomic E-state index is 0.334. The van der Waals surface area contributed by atoms with E-state index in [0.717, 1.165) is 43.7 Å². The molecule has 1 heterocycles. The first kappa shape index (κ1) is 13.1. The van der Waals surface area contributed by atoms with E-state index < -0.39 is 0 Å². The van der Waals surface area contributed by atoms with Crippen LogP contribution in [0.1, 0.15) is 57.8 Å². The summed E-state index contributed by atoms with van der Waals surface area (Å²) >= 11 is 0. The van der Waals surface area contributed by atoms with Gasteiger partial charge >= 0.3 is 0 Å². The zero-order chi connectivity index (χ0) is 13.6. The molecule has 0 aromatic rings. The SMILES string of the molecule is O=C(CC12CC3CC(CC(C3)C1)C2)NC1CCCNC1. The van der Waals surface area contributed by atoms with E-state index in [4.69, 9.17) is 0 Å². The number of hydrogen-bond acceptors (Lipinski definition) is 2. The van der Waals surface area contributed by atoms with Gasteiger partial charge in [0.05, 0.1) is 0 Å². The molecule has 3 heteroatoms. The van der Waals surface area contributed by atoms with Crippen LogP contribution in [0.5, 0.6) is 0 Å². The molecule has 0 spiro atoms. The van der Waals surface area contributed by atoms with Gasteiger partial charge in [-0.25, -0.2) is 0 Å². The number of nitrogens with one attached hydrogen (secondary N) is 2. The van der Waals surface area contributed by atoms with Gasteiger partial charge in [0.2, 0.25) is 5.91 Å². The van der Waals surface area contributed by atoms with E-state index in [1.165, 1.54) is 44.9 Å². The second-order valence-electron chi connectivity index (χ2n) is 8.21. The molecule has 3 nitrogen and oxygen atoms in total. The Morgan fingerprint density at radius 2 is 1.75 bits per heavy atom. The van der Waals surface area contributed by atoms with Crippen molar-refractivity contribution >= 4 is 5.91 Å². The maximum Gasteiger partial charge on any atom is 0.220 e. The smallest absolute Gasteiger partial charge is 0.220 e. The zero-order valence-corrected chi connectivity index (χ0v) is 12.5. The van der Waals surface area contributed by atoms with E-state index in [1.54, 1.807) is 0 Å². The Bertz CT molecular complexity index is 351. The van der Waals surface area contributed by atoms with Crippen molar-refractivity contribution < 1.29 is 4.79 Å². The summed E-state index contributed by atoms with van der Waals surface area (Å²) in [5.74, 6) is 3.18. The Morgan fingerprint density at radius 1 is 1.10 bits per heavy atom. The monoisotopic (exact) mass is 276 g/mol. The molecule has 20 heavy (non-hydrogen) atoms. The topological polar surface area (TPSA) is 41.1 Å². The highest BCUT2D eigenvalue weighted by atomic mass is 16.1. The van der Waals surface area contributed by atoms with Crippen molar-refractivity contribution in [1.82, 2.24) is 10.6 Å². The maximum atomic E-state index is 12.5. The lowest BCUT2D eigenvalue weighted by molar-refractivity contribution is -0.130. The third-order valence-corrected chi connectivity index (χ3v) is 6.36. The molecule has 5 aliphatic rings. The Kier molecular flexibility index (Phi) is 3.29. The zero-order valence-electron chi connectivity index (χ0n) is 12.5. The van der Waals surface area contributed by atoms with Gasteiger partial charge in [0, 0.05) is 19.0 Å². The molecule has 112 valence electrons. The highest BCUT2D eigenvalue weighted by Gasteiger charge is 2.51. The van der Waals surface area contributed by atoms with Crippen LogP contribution in [0, 0.1) is 23.2 Å². The quantitative estimate of drug-likeness (QED) is 0.831. The summed E-state index contributed by atoms with van der Waals surface area (Å²) in [6, 6.07) is 0.380.